The van der Waals surface area contributed by atoms with E-state index in [-0.39, 0.29) is 0 Å². The molecule has 86 valence electrons. The summed E-state index contributed by atoms with van der Waals surface area (Å²) in [5, 5.41) is 1.22. The minimum absolute atomic E-state index is 0.908. The van der Waals surface area contributed by atoms with Crippen molar-refractivity contribution in [2.75, 3.05) is 27.7 Å². The number of aromatic amines is 1. The lowest BCUT2D eigenvalue weighted by Crippen LogP contribution is -2.15. The van der Waals surface area contributed by atoms with Crippen molar-refractivity contribution >= 4 is 10.9 Å². The van der Waals surface area contributed by atoms with E-state index in [1.165, 1.54) is 16.6 Å². The molecule has 1 N–H and O–H groups in total. The summed E-state index contributed by atoms with van der Waals surface area (Å²) >= 11 is 0. The summed E-state index contributed by atoms with van der Waals surface area (Å²) in [6.45, 7) is 1.06. The average Bonchev–Trinajstić information content (AvgIpc) is 2.67. The summed E-state index contributed by atoms with van der Waals surface area (Å²) in [6, 6.07) is 8.30. The fourth-order valence-corrected chi connectivity index (χ4v) is 1.78. The average molecular weight is 218 g/mol. The fraction of sp³-hybridized carbons (Fsp3) is 0.385. The predicted molar refractivity (Wildman–Crippen MR) is 67.1 cm³/mol. The van der Waals surface area contributed by atoms with Gasteiger partial charge in [0.1, 0.15) is 5.75 Å². The van der Waals surface area contributed by atoms with Gasteiger partial charge in [-0.1, -0.05) is 0 Å². The number of hydrogen-bond acceptors (Lipinski definition) is 2. The first-order chi connectivity index (χ1) is 7.69. The molecule has 2 rings (SSSR count). The van der Waals surface area contributed by atoms with Crippen molar-refractivity contribution in [1.29, 1.82) is 0 Å². The lowest BCUT2D eigenvalue weighted by atomic mass is 10.2. The first-order valence-corrected chi connectivity index (χ1v) is 5.49. The van der Waals surface area contributed by atoms with Gasteiger partial charge in [0.15, 0.2) is 0 Å². The van der Waals surface area contributed by atoms with Gasteiger partial charge in [0, 0.05) is 29.6 Å². The highest BCUT2D eigenvalue weighted by Crippen LogP contribution is 2.21. The molecule has 1 heterocycles. The number of fused-ring (bicyclic) bond motifs is 1. The first-order valence-electron chi connectivity index (χ1n) is 5.49. The summed E-state index contributed by atoms with van der Waals surface area (Å²) in [6.07, 6.45) is 1.05. The first kappa shape index (κ1) is 11.0. The van der Waals surface area contributed by atoms with Gasteiger partial charge in [0.25, 0.3) is 0 Å². The Morgan fingerprint density at radius 2 is 2.06 bits per heavy atom. The van der Waals surface area contributed by atoms with Crippen LogP contribution >= 0.6 is 0 Å². The molecule has 3 heteroatoms. The quantitative estimate of drug-likeness (QED) is 0.852. The minimum Gasteiger partial charge on any atom is -0.497 e. The number of H-pyrrole nitrogens is 1. The molecule has 1 aromatic heterocycles. The van der Waals surface area contributed by atoms with Gasteiger partial charge in [-0.15, -0.1) is 0 Å². The third kappa shape index (κ3) is 2.36. The zero-order valence-electron chi connectivity index (χ0n) is 10.1. The van der Waals surface area contributed by atoms with E-state index in [9.17, 15) is 0 Å². The Hall–Kier alpha value is -1.48. The Balaban J connectivity index is 2.22. The van der Waals surface area contributed by atoms with E-state index in [2.05, 4.69) is 42.2 Å². The van der Waals surface area contributed by atoms with Crippen LogP contribution in [-0.2, 0) is 6.42 Å². The second-order valence-corrected chi connectivity index (χ2v) is 4.30. The van der Waals surface area contributed by atoms with Crippen LogP contribution in [0.1, 0.15) is 5.69 Å². The van der Waals surface area contributed by atoms with Gasteiger partial charge >= 0.3 is 0 Å². The van der Waals surface area contributed by atoms with Gasteiger partial charge in [0.05, 0.1) is 7.11 Å². The molecular formula is C13H18N2O. The maximum atomic E-state index is 5.21. The summed E-state index contributed by atoms with van der Waals surface area (Å²) in [5.41, 5.74) is 2.45. The van der Waals surface area contributed by atoms with Crippen LogP contribution in [0.5, 0.6) is 5.75 Å². The Labute approximate surface area is 96.0 Å². The van der Waals surface area contributed by atoms with Gasteiger partial charge < -0.3 is 14.6 Å². The molecule has 0 amide bonds. The summed E-state index contributed by atoms with van der Waals surface area (Å²) in [4.78, 5) is 5.61. The van der Waals surface area contributed by atoms with Crippen LogP contribution in [0.15, 0.2) is 24.3 Å². The van der Waals surface area contributed by atoms with Crippen LogP contribution in [0.3, 0.4) is 0 Å². The maximum absolute atomic E-state index is 5.21. The third-order valence-electron chi connectivity index (χ3n) is 2.71. The van der Waals surface area contributed by atoms with Crippen LogP contribution in [0.2, 0.25) is 0 Å². The summed E-state index contributed by atoms with van der Waals surface area (Å²) in [5.74, 6) is 0.908. The van der Waals surface area contributed by atoms with Crippen molar-refractivity contribution in [3.05, 3.63) is 30.0 Å². The number of benzene rings is 1. The molecule has 0 aliphatic rings. The molecule has 0 saturated heterocycles. The number of nitrogens with zero attached hydrogens (tertiary/aromatic N) is 1. The topological polar surface area (TPSA) is 28.3 Å². The highest BCUT2D eigenvalue weighted by Gasteiger charge is 2.02. The lowest BCUT2D eigenvalue weighted by molar-refractivity contribution is 0.412. The number of ether oxygens (including phenoxy) is 1. The van der Waals surface area contributed by atoms with Crippen molar-refractivity contribution in [2.24, 2.45) is 0 Å². The van der Waals surface area contributed by atoms with Gasteiger partial charge in [-0.05, 0) is 38.4 Å². The van der Waals surface area contributed by atoms with Gasteiger partial charge in [-0.3, -0.25) is 0 Å². The van der Waals surface area contributed by atoms with Gasteiger partial charge in [-0.2, -0.15) is 0 Å². The van der Waals surface area contributed by atoms with Crippen LogP contribution in [0.25, 0.3) is 10.9 Å². The Bertz CT molecular complexity index is 474. The SMILES string of the molecule is COc1ccc2[nH]c(CCN(C)C)cc2c1. The number of hydrogen-bond donors (Lipinski definition) is 1. The highest BCUT2D eigenvalue weighted by molar-refractivity contribution is 5.81. The second-order valence-electron chi connectivity index (χ2n) is 4.30. The molecule has 0 saturated carbocycles. The van der Waals surface area contributed by atoms with Crippen LogP contribution in [-0.4, -0.2) is 37.6 Å². The molecule has 0 bridgehead atoms. The Kier molecular flexibility index (Phi) is 3.15. The molecular weight excluding hydrogens is 200 g/mol. The summed E-state index contributed by atoms with van der Waals surface area (Å²) < 4.78 is 5.21. The van der Waals surface area contributed by atoms with E-state index in [1.54, 1.807) is 7.11 Å². The standard InChI is InChI=1S/C13H18N2O/c1-15(2)7-6-11-8-10-9-12(16-3)4-5-13(10)14-11/h4-5,8-9,14H,6-7H2,1-3H3. The predicted octanol–water partition coefficient (Wildman–Crippen LogP) is 2.28. The number of nitrogens with one attached hydrogen (secondary N) is 1. The van der Waals surface area contributed by atoms with E-state index >= 15 is 0 Å². The van der Waals surface area contributed by atoms with Crippen LogP contribution < -0.4 is 4.74 Å². The number of methoxy groups -OCH3 is 1. The molecule has 16 heavy (non-hydrogen) atoms. The number of rotatable bonds is 4. The third-order valence-corrected chi connectivity index (χ3v) is 2.71. The van der Waals surface area contributed by atoms with Crippen molar-refractivity contribution < 1.29 is 4.74 Å². The molecule has 0 spiro atoms. The number of likely N-dealkylation sites (N-methyl/N-ethyl adjacent to an activating group) is 1. The summed E-state index contributed by atoms with van der Waals surface area (Å²) in [7, 11) is 5.87. The molecule has 0 aliphatic carbocycles. The molecule has 0 unspecified atom stereocenters. The van der Waals surface area contributed by atoms with E-state index in [0.29, 0.717) is 0 Å². The normalized spacial score (nSPS) is 11.2. The fourth-order valence-electron chi connectivity index (χ4n) is 1.78. The molecule has 0 radical (unpaired) electrons. The number of aromatic nitrogens is 1. The zero-order chi connectivity index (χ0) is 11.5. The van der Waals surface area contributed by atoms with E-state index < -0.39 is 0 Å². The van der Waals surface area contributed by atoms with Crippen molar-refractivity contribution in [1.82, 2.24) is 9.88 Å². The molecule has 0 atom stereocenters. The molecule has 1 aromatic carbocycles. The van der Waals surface area contributed by atoms with Crippen molar-refractivity contribution in [3.8, 4) is 5.75 Å². The van der Waals surface area contributed by atoms with Crippen molar-refractivity contribution in [2.45, 2.75) is 6.42 Å². The monoisotopic (exact) mass is 218 g/mol. The molecule has 3 nitrogen and oxygen atoms in total. The van der Waals surface area contributed by atoms with Crippen LogP contribution in [0.4, 0.5) is 0 Å². The molecule has 2 aromatic rings. The lowest BCUT2D eigenvalue weighted by Gasteiger charge is -2.07. The molecule has 0 aliphatic heterocycles. The van der Waals surface area contributed by atoms with E-state index in [0.717, 1.165) is 18.7 Å². The largest absolute Gasteiger partial charge is 0.497 e. The van der Waals surface area contributed by atoms with Crippen LogP contribution in [0, 0.1) is 0 Å². The smallest absolute Gasteiger partial charge is 0.119 e. The Morgan fingerprint density at radius 1 is 1.25 bits per heavy atom. The van der Waals surface area contributed by atoms with Gasteiger partial charge in [-0.25, -0.2) is 0 Å². The zero-order valence-corrected chi connectivity index (χ0v) is 10.1. The highest BCUT2D eigenvalue weighted by atomic mass is 16.5. The van der Waals surface area contributed by atoms with Gasteiger partial charge in [0.2, 0.25) is 0 Å². The second kappa shape index (κ2) is 4.58. The Morgan fingerprint density at radius 3 is 2.75 bits per heavy atom. The maximum Gasteiger partial charge on any atom is 0.119 e. The van der Waals surface area contributed by atoms with E-state index in [1.807, 2.05) is 6.07 Å². The minimum atomic E-state index is 0.908. The van der Waals surface area contributed by atoms with E-state index in [4.69, 9.17) is 4.74 Å². The molecule has 0 fully saturated rings. The van der Waals surface area contributed by atoms with Crippen molar-refractivity contribution in [3.63, 3.8) is 0 Å².